The van der Waals surface area contributed by atoms with E-state index in [0.717, 1.165) is 88.2 Å². The van der Waals surface area contributed by atoms with Crippen molar-refractivity contribution in [2.75, 3.05) is 13.7 Å². The van der Waals surface area contributed by atoms with E-state index >= 15 is 0 Å². The summed E-state index contributed by atoms with van der Waals surface area (Å²) < 4.78 is 11.1. The van der Waals surface area contributed by atoms with Gasteiger partial charge in [-0.2, -0.15) is 0 Å². The standard InChI is InChI=1S/C55H78N4O5/c1-13-39-35(8)42-28-44-37(10)41(24-25-48(60)64-27-26-34(7)23-17-22-33(6)21-16-20-32(5)19-15-18-31(3)4)52(58-44)50-51(55(62)63-12)54(61)49-38(11)45(59-53(49)50)30-47-40(14-2)36(9)43(57-47)29-46(39)56-42/h26,28-33,37,41,51,56-59H,13-25,27H2,1-12H3/b34-26+,43-29-,44-28-,47-30-,52-50-/t32-,33-,37+,41+,51+/m1/s1. The molecule has 6 rings (SSSR count). The van der Waals surface area contributed by atoms with Crippen molar-refractivity contribution in [3.63, 3.8) is 0 Å². The average Bonchev–Trinajstić information content (AvgIpc) is 3.99. The van der Waals surface area contributed by atoms with Crippen LogP contribution in [-0.4, -0.2) is 46.4 Å². The fourth-order valence-corrected chi connectivity index (χ4v) is 10.7. The molecule has 9 nitrogen and oxygen atoms in total. The number of ether oxygens (including phenoxy) is 2. The van der Waals surface area contributed by atoms with Crippen molar-refractivity contribution in [2.45, 2.75) is 160 Å². The minimum Gasteiger partial charge on any atom is -0.468 e. The van der Waals surface area contributed by atoms with Gasteiger partial charge in [-0.15, -0.1) is 0 Å². The van der Waals surface area contributed by atoms with Crippen LogP contribution >= 0.6 is 0 Å². The molecule has 9 heteroatoms. The molecule has 3 aromatic heterocycles. The van der Waals surface area contributed by atoms with E-state index in [9.17, 15) is 14.4 Å². The second-order valence-corrected chi connectivity index (χ2v) is 19.9. The lowest BCUT2D eigenvalue weighted by molar-refractivity contribution is -0.143. The van der Waals surface area contributed by atoms with E-state index in [-0.39, 0.29) is 36.6 Å². The van der Waals surface area contributed by atoms with Gasteiger partial charge in [0.2, 0.25) is 0 Å². The summed E-state index contributed by atoms with van der Waals surface area (Å²) in [7, 11) is 1.33. The number of ketones is 1. The third-order valence-corrected chi connectivity index (χ3v) is 14.8. The quantitative estimate of drug-likeness (QED) is 0.0508. The number of allylic oxidation sites excluding steroid dienone is 3. The molecule has 0 aromatic carbocycles. The number of carbonyl (C=O) groups excluding carboxylic acids is 3. The lowest BCUT2D eigenvalue weighted by atomic mass is 9.85. The van der Waals surface area contributed by atoms with Crippen LogP contribution in [0, 0.1) is 56.3 Å². The maximum absolute atomic E-state index is 14.4. The molecule has 1 saturated heterocycles. The Bertz CT molecular complexity index is 2410. The number of fused-ring (bicyclic) bond motifs is 7. The van der Waals surface area contributed by atoms with E-state index in [1.807, 2.05) is 6.92 Å². The Morgan fingerprint density at radius 1 is 0.766 bits per heavy atom. The number of carbonyl (C=O) groups is 3. The summed E-state index contributed by atoms with van der Waals surface area (Å²) >= 11 is 0. The monoisotopic (exact) mass is 875 g/mol. The number of nitrogens with one attached hydrogen (secondary N) is 4. The summed E-state index contributed by atoms with van der Waals surface area (Å²) in [6.45, 7) is 24.6. The van der Waals surface area contributed by atoms with Crippen molar-refractivity contribution in [1.29, 1.82) is 0 Å². The third kappa shape index (κ3) is 10.7. The van der Waals surface area contributed by atoms with E-state index in [1.165, 1.54) is 79.9 Å². The van der Waals surface area contributed by atoms with Gasteiger partial charge in [0.15, 0.2) is 5.78 Å². The van der Waals surface area contributed by atoms with Crippen LogP contribution < -0.4 is 16.0 Å². The first kappa shape index (κ1) is 48.7. The Balaban J connectivity index is 1.21. The Labute approximate surface area is 383 Å². The van der Waals surface area contributed by atoms with E-state index in [4.69, 9.17) is 9.47 Å². The van der Waals surface area contributed by atoms with Crippen molar-refractivity contribution in [3.05, 3.63) is 89.9 Å². The molecular weight excluding hydrogens is 797 g/mol. The van der Waals surface area contributed by atoms with Gasteiger partial charge in [-0.3, -0.25) is 14.4 Å². The number of aromatic nitrogens is 3. The summed E-state index contributed by atoms with van der Waals surface area (Å²) in [5.74, 6) is -0.174. The van der Waals surface area contributed by atoms with Gasteiger partial charge in [-0.05, 0) is 130 Å². The first-order valence-corrected chi connectivity index (χ1v) is 24.6. The molecule has 0 saturated carbocycles. The van der Waals surface area contributed by atoms with E-state index in [2.05, 4.69) is 114 Å². The van der Waals surface area contributed by atoms with Gasteiger partial charge in [0.05, 0.1) is 12.8 Å². The molecular formula is C55H78N4O5. The van der Waals surface area contributed by atoms with E-state index in [0.29, 0.717) is 23.3 Å². The number of hydrogen-bond donors (Lipinski definition) is 4. The number of H-pyrrole nitrogens is 3. The fraction of sp³-hybridized carbons (Fsp3) is 0.582. The van der Waals surface area contributed by atoms with E-state index in [1.54, 1.807) is 0 Å². The molecule has 1 aliphatic carbocycles. The van der Waals surface area contributed by atoms with Crippen molar-refractivity contribution >= 4 is 41.5 Å². The fourth-order valence-electron chi connectivity index (χ4n) is 10.7. The minimum atomic E-state index is -1.13. The molecule has 348 valence electrons. The van der Waals surface area contributed by atoms with Crippen LogP contribution in [-0.2, 0) is 31.9 Å². The second-order valence-electron chi connectivity index (χ2n) is 19.9. The maximum atomic E-state index is 14.4. The van der Waals surface area contributed by atoms with Crippen LogP contribution in [0.5, 0.6) is 0 Å². The highest BCUT2D eigenvalue weighted by molar-refractivity contribution is 6.24. The number of Topliss-reactive ketones (excluding diaryl/α,β-unsaturated/α-hetero) is 1. The normalized spacial score (nSPS) is 22.1. The van der Waals surface area contributed by atoms with Gasteiger partial charge in [0.1, 0.15) is 12.5 Å². The Hall–Kier alpha value is -4.79. The number of rotatable bonds is 20. The molecule has 0 radical (unpaired) electrons. The molecule has 0 spiro atoms. The summed E-state index contributed by atoms with van der Waals surface area (Å²) in [6, 6.07) is 0. The molecule has 5 heterocycles. The minimum absolute atomic E-state index is 0.0618. The van der Waals surface area contributed by atoms with Gasteiger partial charge in [0.25, 0.3) is 0 Å². The van der Waals surface area contributed by atoms with Gasteiger partial charge in [-0.25, -0.2) is 0 Å². The maximum Gasteiger partial charge on any atom is 0.321 e. The van der Waals surface area contributed by atoms with Crippen LogP contribution in [0.15, 0.2) is 23.0 Å². The molecule has 2 aliphatic heterocycles. The van der Waals surface area contributed by atoms with Crippen LogP contribution in [0.4, 0.5) is 0 Å². The molecule has 3 aliphatic rings. The lowest BCUT2D eigenvalue weighted by Gasteiger charge is -2.19. The zero-order valence-corrected chi connectivity index (χ0v) is 41.2. The molecule has 64 heavy (non-hydrogen) atoms. The topological polar surface area (TPSA) is 129 Å². The lowest BCUT2D eigenvalue weighted by Crippen LogP contribution is -2.25. The first-order chi connectivity index (χ1) is 30.6. The molecule has 0 unspecified atom stereocenters. The highest BCUT2D eigenvalue weighted by Gasteiger charge is 2.48. The second kappa shape index (κ2) is 21.5. The van der Waals surface area contributed by atoms with Crippen molar-refractivity contribution in [1.82, 2.24) is 20.3 Å². The van der Waals surface area contributed by atoms with Crippen LogP contribution in [0.2, 0.25) is 0 Å². The van der Waals surface area contributed by atoms with Crippen molar-refractivity contribution in [2.24, 2.45) is 35.5 Å². The Morgan fingerprint density at radius 2 is 1.41 bits per heavy atom. The third-order valence-electron chi connectivity index (χ3n) is 14.8. The Morgan fingerprint density at radius 3 is 2.06 bits per heavy atom. The highest BCUT2D eigenvalue weighted by Crippen LogP contribution is 2.48. The summed E-state index contributed by atoms with van der Waals surface area (Å²) in [5.41, 5.74) is 13.2. The predicted molar refractivity (Wildman–Crippen MR) is 261 cm³/mol. The van der Waals surface area contributed by atoms with Gasteiger partial charge in [0, 0.05) is 68.6 Å². The summed E-state index contributed by atoms with van der Waals surface area (Å²) in [4.78, 5) is 52.5. The highest BCUT2D eigenvalue weighted by atomic mass is 16.5. The van der Waals surface area contributed by atoms with Crippen LogP contribution in [0.3, 0.4) is 0 Å². The zero-order valence-electron chi connectivity index (χ0n) is 41.2. The van der Waals surface area contributed by atoms with E-state index < -0.39 is 11.9 Å². The number of methoxy groups -OCH3 is 1. The SMILES string of the molecule is CCc1c2[nH]c(c1C)/C=C1\N/C(=C3\c4[nH]c(c(C)c4C(=O)[C@H]3C(=O)OC)/C=c3\[nH]/c(c(C)c3CC)=C\2)[C@@H](CCC(=O)OC/C=C(\C)CCC[C@H](C)CCC[C@H](C)CCCC(C)C)[C@@H]1C. The summed E-state index contributed by atoms with van der Waals surface area (Å²) in [6.07, 6.45) is 22.3. The molecule has 4 N–H and O–H groups in total. The summed E-state index contributed by atoms with van der Waals surface area (Å²) in [5, 5.41) is 5.76. The van der Waals surface area contributed by atoms with Gasteiger partial charge < -0.3 is 29.7 Å². The van der Waals surface area contributed by atoms with Gasteiger partial charge in [-0.1, -0.05) is 99.0 Å². The number of esters is 2. The van der Waals surface area contributed by atoms with Gasteiger partial charge >= 0.3 is 11.9 Å². The zero-order chi connectivity index (χ0) is 46.4. The molecule has 0 amide bonds. The van der Waals surface area contributed by atoms with Crippen LogP contribution in [0.25, 0.3) is 23.8 Å². The molecule has 1 fully saturated rings. The smallest absolute Gasteiger partial charge is 0.321 e. The largest absolute Gasteiger partial charge is 0.468 e. The van der Waals surface area contributed by atoms with Crippen LogP contribution in [0.1, 0.15) is 187 Å². The Kier molecular flexibility index (Phi) is 16.3. The van der Waals surface area contributed by atoms with Crippen molar-refractivity contribution in [3.8, 4) is 0 Å². The number of aromatic amines is 3. The number of hydrogen-bond acceptors (Lipinski definition) is 6. The first-order valence-electron chi connectivity index (χ1n) is 24.6. The molecule has 5 atom stereocenters. The molecule has 3 aromatic rings. The molecule has 8 bridgehead atoms. The van der Waals surface area contributed by atoms with Crippen molar-refractivity contribution < 1.29 is 23.9 Å². The average molecular weight is 875 g/mol. The predicted octanol–water partition coefficient (Wildman–Crippen LogP) is 11.0.